The summed E-state index contributed by atoms with van der Waals surface area (Å²) < 4.78 is 10.4. The van der Waals surface area contributed by atoms with Gasteiger partial charge in [0, 0.05) is 19.3 Å². The molecule has 0 saturated heterocycles. The fraction of sp³-hybridized carbons (Fsp3) is 0.400. The summed E-state index contributed by atoms with van der Waals surface area (Å²) >= 11 is 0. The van der Waals surface area contributed by atoms with Crippen molar-refractivity contribution in [1.29, 1.82) is 0 Å². The zero-order valence-corrected chi connectivity index (χ0v) is 8.27. The van der Waals surface area contributed by atoms with Crippen molar-refractivity contribution in [2.75, 3.05) is 13.7 Å². The second-order valence-corrected chi connectivity index (χ2v) is 2.71. The minimum absolute atomic E-state index is 0.374. The summed E-state index contributed by atoms with van der Waals surface area (Å²) in [5.74, 6) is 0. The van der Waals surface area contributed by atoms with Crippen LogP contribution in [0, 0.1) is 4.91 Å². The topological polar surface area (TPSA) is 47.9 Å². The van der Waals surface area contributed by atoms with Gasteiger partial charge in [0.25, 0.3) is 0 Å². The second-order valence-electron chi connectivity index (χ2n) is 2.71. The highest BCUT2D eigenvalue weighted by atomic mass is 16.7. The summed E-state index contributed by atoms with van der Waals surface area (Å²) in [6, 6.07) is 6.79. The van der Waals surface area contributed by atoms with Crippen molar-refractivity contribution in [3.8, 4) is 0 Å². The summed E-state index contributed by atoms with van der Waals surface area (Å²) in [6.45, 7) is 2.47. The average Bonchev–Trinajstić information content (AvgIpc) is 2.26. The molecule has 1 unspecified atom stereocenters. The van der Waals surface area contributed by atoms with Crippen LogP contribution in [-0.4, -0.2) is 13.7 Å². The standard InChI is InChI=1S/C10H13NO3/c1-3-14-10(13-2)8-4-6-9(11-12)7-5-8/h4-7,10H,3H2,1-2H3. The van der Waals surface area contributed by atoms with Gasteiger partial charge in [-0.05, 0) is 24.2 Å². The highest BCUT2D eigenvalue weighted by molar-refractivity contribution is 5.38. The Kier molecular flexibility index (Phi) is 4.22. The third-order valence-corrected chi connectivity index (χ3v) is 1.80. The Bertz CT molecular complexity index is 284. The van der Waals surface area contributed by atoms with Gasteiger partial charge in [0.2, 0.25) is 0 Å². The number of benzene rings is 1. The molecule has 0 saturated carbocycles. The molecule has 4 nitrogen and oxygen atoms in total. The van der Waals surface area contributed by atoms with Crippen LogP contribution in [0.5, 0.6) is 0 Å². The fourth-order valence-corrected chi connectivity index (χ4v) is 1.14. The molecule has 0 aromatic heterocycles. The quantitative estimate of drug-likeness (QED) is 0.536. The van der Waals surface area contributed by atoms with E-state index >= 15 is 0 Å². The lowest BCUT2D eigenvalue weighted by atomic mass is 10.2. The van der Waals surface area contributed by atoms with Crippen molar-refractivity contribution < 1.29 is 9.47 Å². The molecule has 0 radical (unpaired) electrons. The van der Waals surface area contributed by atoms with Crippen LogP contribution in [0.3, 0.4) is 0 Å². The van der Waals surface area contributed by atoms with Gasteiger partial charge in [-0.25, -0.2) is 0 Å². The highest BCUT2D eigenvalue weighted by Crippen LogP contribution is 2.21. The van der Waals surface area contributed by atoms with Crippen molar-refractivity contribution in [3.05, 3.63) is 34.7 Å². The first-order chi connectivity index (χ1) is 6.81. The zero-order valence-electron chi connectivity index (χ0n) is 8.27. The van der Waals surface area contributed by atoms with Crippen molar-refractivity contribution in [2.45, 2.75) is 13.2 Å². The first-order valence-corrected chi connectivity index (χ1v) is 4.39. The molecule has 0 spiro atoms. The maximum atomic E-state index is 10.2. The summed E-state index contributed by atoms with van der Waals surface area (Å²) in [7, 11) is 1.58. The normalized spacial score (nSPS) is 12.4. The molecule has 4 heteroatoms. The predicted octanol–water partition coefficient (Wildman–Crippen LogP) is 2.77. The summed E-state index contributed by atoms with van der Waals surface area (Å²) in [5, 5.41) is 2.81. The van der Waals surface area contributed by atoms with E-state index in [0.717, 1.165) is 5.56 Å². The molecule has 76 valence electrons. The molecule has 0 aliphatic heterocycles. The number of hydrogen-bond donors (Lipinski definition) is 0. The Balaban J connectivity index is 2.77. The molecule has 0 N–H and O–H groups in total. The maximum absolute atomic E-state index is 10.2. The van der Waals surface area contributed by atoms with E-state index < -0.39 is 0 Å². The fourth-order valence-electron chi connectivity index (χ4n) is 1.14. The Morgan fingerprint density at radius 3 is 2.43 bits per heavy atom. The van der Waals surface area contributed by atoms with Gasteiger partial charge >= 0.3 is 0 Å². The lowest BCUT2D eigenvalue weighted by molar-refractivity contribution is -0.124. The lowest BCUT2D eigenvalue weighted by Crippen LogP contribution is -2.05. The van der Waals surface area contributed by atoms with Gasteiger partial charge in [0.05, 0.1) is 0 Å². The van der Waals surface area contributed by atoms with Gasteiger partial charge in [0.15, 0.2) is 6.29 Å². The van der Waals surface area contributed by atoms with Crippen molar-refractivity contribution in [2.24, 2.45) is 5.18 Å². The second kappa shape index (κ2) is 5.47. The Labute approximate surface area is 82.8 Å². The molecule has 1 rings (SSSR count). The third kappa shape index (κ3) is 2.61. The van der Waals surface area contributed by atoms with E-state index in [1.54, 1.807) is 31.4 Å². The van der Waals surface area contributed by atoms with Crippen LogP contribution >= 0.6 is 0 Å². The van der Waals surface area contributed by atoms with Gasteiger partial charge in [-0.15, -0.1) is 4.91 Å². The molecule has 14 heavy (non-hydrogen) atoms. The highest BCUT2D eigenvalue weighted by Gasteiger charge is 2.09. The van der Waals surface area contributed by atoms with Crippen LogP contribution < -0.4 is 0 Å². The van der Waals surface area contributed by atoms with Crippen LogP contribution in [0.15, 0.2) is 29.4 Å². The molecule has 0 bridgehead atoms. The number of ether oxygens (including phenoxy) is 2. The van der Waals surface area contributed by atoms with Crippen LogP contribution in [0.1, 0.15) is 18.8 Å². The number of methoxy groups -OCH3 is 1. The predicted molar refractivity (Wildman–Crippen MR) is 53.3 cm³/mol. The Morgan fingerprint density at radius 2 is 2.00 bits per heavy atom. The van der Waals surface area contributed by atoms with E-state index in [-0.39, 0.29) is 6.29 Å². The zero-order chi connectivity index (χ0) is 10.4. The van der Waals surface area contributed by atoms with Crippen LogP contribution in [0.25, 0.3) is 0 Å². The Morgan fingerprint density at radius 1 is 1.36 bits per heavy atom. The molecular weight excluding hydrogens is 182 g/mol. The minimum Gasteiger partial charge on any atom is -0.352 e. The molecule has 0 heterocycles. The molecule has 0 aliphatic rings. The minimum atomic E-state index is -0.374. The first-order valence-electron chi connectivity index (χ1n) is 4.39. The van der Waals surface area contributed by atoms with E-state index in [1.807, 2.05) is 6.92 Å². The van der Waals surface area contributed by atoms with Crippen molar-refractivity contribution in [1.82, 2.24) is 0 Å². The lowest BCUT2D eigenvalue weighted by Gasteiger charge is -2.14. The van der Waals surface area contributed by atoms with E-state index in [4.69, 9.17) is 9.47 Å². The van der Waals surface area contributed by atoms with Crippen molar-refractivity contribution in [3.63, 3.8) is 0 Å². The van der Waals surface area contributed by atoms with E-state index in [2.05, 4.69) is 5.18 Å². The van der Waals surface area contributed by atoms with Crippen LogP contribution in [0.4, 0.5) is 5.69 Å². The van der Waals surface area contributed by atoms with Crippen LogP contribution in [0.2, 0.25) is 0 Å². The Hall–Kier alpha value is -1.26. The van der Waals surface area contributed by atoms with Gasteiger partial charge < -0.3 is 9.47 Å². The van der Waals surface area contributed by atoms with Gasteiger partial charge in [-0.1, -0.05) is 12.1 Å². The monoisotopic (exact) mass is 195 g/mol. The van der Waals surface area contributed by atoms with E-state index in [9.17, 15) is 4.91 Å². The summed E-state index contributed by atoms with van der Waals surface area (Å²) in [5.41, 5.74) is 1.28. The summed E-state index contributed by atoms with van der Waals surface area (Å²) in [6.07, 6.45) is -0.374. The largest absolute Gasteiger partial charge is 0.352 e. The van der Waals surface area contributed by atoms with Gasteiger partial charge in [0.1, 0.15) is 5.69 Å². The van der Waals surface area contributed by atoms with Gasteiger partial charge in [-0.3, -0.25) is 0 Å². The number of rotatable bonds is 5. The molecule has 1 aromatic carbocycles. The molecule has 0 aliphatic carbocycles. The summed E-state index contributed by atoms with van der Waals surface area (Å²) in [4.78, 5) is 10.2. The van der Waals surface area contributed by atoms with E-state index in [0.29, 0.717) is 12.3 Å². The number of nitroso groups, excluding NO2 is 1. The molecule has 0 amide bonds. The number of hydrogen-bond acceptors (Lipinski definition) is 4. The molecule has 0 fully saturated rings. The molecule has 1 aromatic rings. The maximum Gasteiger partial charge on any atom is 0.183 e. The third-order valence-electron chi connectivity index (χ3n) is 1.80. The molecule has 1 atom stereocenters. The average molecular weight is 195 g/mol. The van der Waals surface area contributed by atoms with Gasteiger partial charge in [-0.2, -0.15) is 0 Å². The SMILES string of the molecule is CCOC(OC)c1ccc(N=O)cc1. The number of nitrogens with zero attached hydrogens (tertiary/aromatic N) is 1. The van der Waals surface area contributed by atoms with Crippen molar-refractivity contribution >= 4 is 5.69 Å². The smallest absolute Gasteiger partial charge is 0.183 e. The first kappa shape index (κ1) is 10.8. The molecular formula is C10H13NO3. The van der Waals surface area contributed by atoms with Crippen LogP contribution in [-0.2, 0) is 9.47 Å². The van der Waals surface area contributed by atoms with E-state index in [1.165, 1.54) is 0 Å².